The summed E-state index contributed by atoms with van der Waals surface area (Å²) in [5.74, 6) is -0.194. The van der Waals surface area contributed by atoms with Gasteiger partial charge in [-0.25, -0.2) is 4.39 Å². The molecule has 0 aromatic heterocycles. The Morgan fingerprint density at radius 2 is 1.80 bits per heavy atom. The first-order valence-corrected chi connectivity index (χ1v) is 4.93. The number of hydrogen-bond acceptors (Lipinski definition) is 1. The maximum Gasteiger partial charge on any atom is 0.106 e. The molecule has 0 aliphatic heterocycles. The third-order valence-electron chi connectivity index (χ3n) is 2.31. The number of nitriles is 1. The van der Waals surface area contributed by atoms with Crippen LogP contribution in [0.15, 0.2) is 30.1 Å². The van der Waals surface area contributed by atoms with Crippen LogP contribution in [0.3, 0.4) is 0 Å². The number of hydrogen-bond donors (Lipinski definition) is 0. The predicted octanol–water partition coefficient (Wildman–Crippen LogP) is 3.91. The molecule has 0 bridgehead atoms. The summed E-state index contributed by atoms with van der Waals surface area (Å²) in [6, 6.07) is 8.98. The van der Waals surface area contributed by atoms with E-state index in [1.54, 1.807) is 31.2 Å². The average molecular weight is 203 g/mol. The lowest BCUT2D eigenvalue weighted by atomic mass is 10.0. The van der Waals surface area contributed by atoms with Crippen molar-refractivity contribution in [2.45, 2.75) is 20.8 Å². The molecule has 0 saturated heterocycles. The minimum atomic E-state index is -0.0975. The number of benzene rings is 1. The lowest BCUT2D eigenvalue weighted by molar-refractivity contribution is 0.523. The van der Waals surface area contributed by atoms with Crippen molar-refractivity contribution in [1.82, 2.24) is 0 Å². The first kappa shape index (κ1) is 11.5. The fourth-order valence-corrected chi connectivity index (χ4v) is 1.37. The molecule has 0 saturated carbocycles. The number of allylic oxidation sites excluding steroid dienone is 2. The van der Waals surface area contributed by atoms with Crippen LogP contribution in [0.25, 0.3) is 5.57 Å². The number of rotatable bonds is 2. The molecule has 1 aromatic rings. The zero-order valence-electron chi connectivity index (χ0n) is 9.21. The second kappa shape index (κ2) is 4.75. The summed E-state index contributed by atoms with van der Waals surface area (Å²) in [6.07, 6.45) is 0. The zero-order valence-corrected chi connectivity index (χ0v) is 9.21. The lowest BCUT2D eigenvalue weighted by Gasteiger charge is -2.07. The maximum absolute atomic E-state index is 13.6. The number of nitrogens with zero attached hydrogens (tertiary/aromatic N) is 1. The van der Waals surface area contributed by atoms with Crippen LogP contribution < -0.4 is 0 Å². The second-order valence-electron chi connectivity index (χ2n) is 3.82. The SMILES string of the molecule is C/C(=C(/F)C(C)C)c1ccc(C#N)cc1. The monoisotopic (exact) mass is 203 g/mol. The van der Waals surface area contributed by atoms with Crippen LogP contribution in [0.5, 0.6) is 0 Å². The van der Waals surface area contributed by atoms with Crippen molar-refractivity contribution in [3.63, 3.8) is 0 Å². The van der Waals surface area contributed by atoms with Crippen LogP contribution in [0.4, 0.5) is 4.39 Å². The highest BCUT2D eigenvalue weighted by molar-refractivity contribution is 5.66. The molecular weight excluding hydrogens is 189 g/mol. The van der Waals surface area contributed by atoms with Gasteiger partial charge < -0.3 is 0 Å². The lowest BCUT2D eigenvalue weighted by Crippen LogP contribution is -1.92. The molecule has 2 heteroatoms. The van der Waals surface area contributed by atoms with E-state index in [9.17, 15) is 4.39 Å². The summed E-state index contributed by atoms with van der Waals surface area (Å²) in [5.41, 5.74) is 2.08. The van der Waals surface area contributed by atoms with Gasteiger partial charge >= 0.3 is 0 Å². The standard InChI is InChI=1S/C13H14FN/c1-9(2)13(14)10(3)12-6-4-11(8-15)5-7-12/h4-7,9H,1-3H3/b13-10-. The molecule has 1 aromatic carbocycles. The molecular formula is C13H14FN. The summed E-state index contributed by atoms with van der Waals surface area (Å²) in [7, 11) is 0. The zero-order chi connectivity index (χ0) is 11.4. The molecule has 0 heterocycles. The van der Waals surface area contributed by atoms with Gasteiger partial charge in [0, 0.05) is 5.92 Å². The van der Waals surface area contributed by atoms with Crippen LogP contribution in [-0.4, -0.2) is 0 Å². The van der Waals surface area contributed by atoms with Crippen molar-refractivity contribution in [1.29, 1.82) is 5.26 Å². The van der Waals surface area contributed by atoms with Crippen molar-refractivity contribution in [2.24, 2.45) is 5.92 Å². The van der Waals surface area contributed by atoms with Gasteiger partial charge in [-0.1, -0.05) is 26.0 Å². The fourth-order valence-electron chi connectivity index (χ4n) is 1.37. The predicted molar refractivity (Wildman–Crippen MR) is 59.7 cm³/mol. The third kappa shape index (κ3) is 2.66. The van der Waals surface area contributed by atoms with Crippen LogP contribution in [0, 0.1) is 17.2 Å². The fraction of sp³-hybridized carbons (Fsp3) is 0.308. The Hall–Kier alpha value is -1.62. The summed E-state index contributed by atoms with van der Waals surface area (Å²) in [4.78, 5) is 0. The second-order valence-corrected chi connectivity index (χ2v) is 3.82. The topological polar surface area (TPSA) is 23.8 Å². The van der Waals surface area contributed by atoms with Gasteiger partial charge in [-0.3, -0.25) is 0 Å². The van der Waals surface area contributed by atoms with Crippen LogP contribution >= 0.6 is 0 Å². The van der Waals surface area contributed by atoms with E-state index >= 15 is 0 Å². The first-order chi connectivity index (χ1) is 7.06. The van der Waals surface area contributed by atoms with Crippen molar-refractivity contribution in [2.75, 3.05) is 0 Å². The van der Waals surface area contributed by atoms with Crippen LogP contribution in [0.2, 0.25) is 0 Å². The molecule has 15 heavy (non-hydrogen) atoms. The minimum Gasteiger partial charge on any atom is -0.211 e. The normalized spacial score (nSPS) is 12.3. The molecule has 78 valence electrons. The maximum atomic E-state index is 13.6. The van der Waals surface area contributed by atoms with E-state index in [2.05, 4.69) is 0 Å². The van der Waals surface area contributed by atoms with E-state index in [-0.39, 0.29) is 11.7 Å². The average Bonchev–Trinajstić information content (AvgIpc) is 2.27. The first-order valence-electron chi connectivity index (χ1n) is 4.93. The van der Waals surface area contributed by atoms with Gasteiger partial charge in [-0.2, -0.15) is 5.26 Å². The Kier molecular flexibility index (Phi) is 3.62. The van der Waals surface area contributed by atoms with E-state index in [1.165, 1.54) is 0 Å². The summed E-state index contributed by atoms with van der Waals surface area (Å²) < 4.78 is 13.6. The largest absolute Gasteiger partial charge is 0.211 e. The smallest absolute Gasteiger partial charge is 0.106 e. The third-order valence-corrected chi connectivity index (χ3v) is 2.31. The molecule has 0 unspecified atom stereocenters. The quantitative estimate of drug-likeness (QED) is 0.714. The molecule has 0 aliphatic rings. The Morgan fingerprint density at radius 1 is 1.27 bits per heavy atom. The van der Waals surface area contributed by atoms with Crippen LogP contribution in [0.1, 0.15) is 31.9 Å². The molecule has 0 N–H and O–H groups in total. The Bertz CT molecular complexity index is 407. The van der Waals surface area contributed by atoms with Crippen molar-refractivity contribution >= 4 is 5.57 Å². The van der Waals surface area contributed by atoms with Gasteiger partial charge in [0.1, 0.15) is 5.83 Å². The van der Waals surface area contributed by atoms with Gasteiger partial charge in [0.25, 0.3) is 0 Å². The van der Waals surface area contributed by atoms with Gasteiger partial charge in [-0.15, -0.1) is 0 Å². The summed E-state index contributed by atoms with van der Waals surface area (Å²) in [6.45, 7) is 5.40. The van der Waals surface area contributed by atoms with Gasteiger partial charge in [0.2, 0.25) is 0 Å². The van der Waals surface area contributed by atoms with E-state index in [4.69, 9.17) is 5.26 Å². The van der Waals surface area contributed by atoms with Crippen molar-refractivity contribution in [3.8, 4) is 6.07 Å². The molecule has 1 rings (SSSR count). The molecule has 0 amide bonds. The highest BCUT2D eigenvalue weighted by Gasteiger charge is 2.08. The molecule has 0 aliphatic carbocycles. The molecule has 0 fully saturated rings. The van der Waals surface area contributed by atoms with E-state index in [1.807, 2.05) is 19.9 Å². The Labute approximate surface area is 89.9 Å². The van der Waals surface area contributed by atoms with Gasteiger partial charge in [0.15, 0.2) is 0 Å². The minimum absolute atomic E-state index is 0.0966. The molecule has 0 radical (unpaired) electrons. The highest BCUT2D eigenvalue weighted by Crippen LogP contribution is 2.24. The Morgan fingerprint density at radius 3 is 2.20 bits per heavy atom. The van der Waals surface area contributed by atoms with Crippen molar-refractivity contribution < 1.29 is 4.39 Å². The number of halogens is 1. The highest BCUT2D eigenvalue weighted by atomic mass is 19.1. The van der Waals surface area contributed by atoms with E-state index in [0.717, 1.165) is 5.56 Å². The van der Waals surface area contributed by atoms with E-state index in [0.29, 0.717) is 11.1 Å². The Balaban J connectivity index is 3.08. The van der Waals surface area contributed by atoms with Gasteiger partial charge in [-0.05, 0) is 30.2 Å². The summed E-state index contributed by atoms with van der Waals surface area (Å²) in [5, 5.41) is 8.63. The van der Waals surface area contributed by atoms with Crippen molar-refractivity contribution in [3.05, 3.63) is 41.2 Å². The van der Waals surface area contributed by atoms with Gasteiger partial charge in [0.05, 0.1) is 11.6 Å². The molecule has 1 nitrogen and oxygen atoms in total. The molecule has 0 spiro atoms. The van der Waals surface area contributed by atoms with Crippen LogP contribution in [-0.2, 0) is 0 Å². The van der Waals surface area contributed by atoms with E-state index < -0.39 is 0 Å². The summed E-state index contributed by atoms with van der Waals surface area (Å²) >= 11 is 0. The molecule has 0 atom stereocenters.